The minimum Gasteiger partial charge on any atom is -0.392 e. The number of anilines is 1. The summed E-state index contributed by atoms with van der Waals surface area (Å²) >= 11 is 0. The Balaban J connectivity index is 1.59. The van der Waals surface area contributed by atoms with E-state index in [2.05, 4.69) is 20.6 Å². The Bertz CT molecular complexity index is 946. The van der Waals surface area contributed by atoms with Crippen molar-refractivity contribution in [2.75, 3.05) is 5.32 Å². The highest BCUT2D eigenvalue weighted by atomic mass is 16.3. The lowest BCUT2D eigenvalue weighted by Crippen LogP contribution is -2.29. The van der Waals surface area contributed by atoms with E-state index < -0.39 is 6.17 Å². The molecule has 2 heterocycles. The zero-order valence-electron chi connectivity index (χ0n) is 13.9. The zero-order valence-corrected chi connectivity index (χ0v) is 13.9. The van der Waals surface area contributed by atoms with Gasteiger partial charge < -0.3 is 20.7 Å². The van der Waals surface area contributed by atoms with Gasteiger partial charge in [0.1, 0.15) is 5.82 Å². The first-order chi connectivity index (χ1) is 12.7. The van der Waals surface area contributed by atoms with Crippen molar-refractivity contribution in [1.29, 1.82) is 0 Å². The average molecular weight is 346 g/mol. The number of aliphatic hydroxyl groups is 1. The fourth-order valence-electron chi connectivity index (χ4n) is 2.92. The number of nitrogens with one attached hydrogen (secondary N) is 3. The van der Waals surface area contributed by atoms with Crippen LogP contribution in [0, 0.1) is 0 Å². The van der Waals surface area contributed by atoms with Crippen LogP contribution in [0.3, 0.4) is 0 Å². The normalized spacial score (nSPS) is 15.2. The summed E-state index contributed by atoms with van der Waals surface area (Å²) in [5.41, 5.74) is 4.23. The zero-order chi connectivity index (χ0) is 17.9. The van der Waals surface area contributed by atoms with E-state index in [4.69, 9.17) is 5.11 Å². The molecule has 1 amide bonds. The Morgan fingerprint density at radius 3 is 2.62 bits per heavy atom. The Morgan fingerprint density at radius 2 is 1.88 bits per heavy atom. The van der Waals surface area contributed by atoms with Gasteiger partial charge in [-0.15, -0.1) is 0 Å². The highest BCUT2D eigenvalue weighted by Crippen LogP contribution is 2.32. The van der Waals surface area contributed by atoms with E-state index in [0.29, 0.717) is 5.56 Å². The second-order valence-corrected chi connectivity index (χ2v) is 6.03. The van der Waals surface area contributed by atoms with Gasteiger partial charge in [0.05, 0.1) is 12.9 Å². The van der Waals surface area contributed by atoms with Crippen LogP contribution in [0.25, 0.3) is 11.3 Å². The molecule has 3 aromatic rings. The molecule has 4 N–H and O–H groups in total. The van der Waals surface area contributed by atoms with E-state index in [9.17, 15) is 4.79 Å². The van der Waals surface area contributed by atoms with Crippen molar-refractivity contribution in [3.05, 3.63) is 77.4 Å². The van der Waals surface area contributed by atoms with Gasteiger partial charge >= 0.3 is 0 Å². The van der Waals surface area contributed by atoms with Crippen molar-refractivity contribution in [3.63, 3.8) is 0 Å². The van der Waals surface area contributed by atoms with Crippen LogP contribution in [0.1, 0.15) is 27.7 Å². The van der Waals surface area contributed by atoms with Gasteiger partial charge in [-0.1, -0.05) is 42.5 Å². The van der Waals surface area contributed by atoms with Crippen LogP contribution in [-0.4, -0.2) is 22.3 Å². The number of hydrogen-bond acceptors (Lipinski definition) is 4. The van der Waals surface area contributed by atoms with Crippen molar-refractivity contribution in [1.82, 2.24) is 10.3 Å². The number of H-pyrrole nitrogens is 1. The lowest BCUT2D eigenvalue weighted by molar-refractivity contribution is 0.0938. The minimum absolute atomic E-state index is 0.0183. The van der Waals surface area contributed by atoms with Gasteiger partial charge in [0.25, 0.3) is 5.91 Å². The van der Waals surface area contributed by atoms with E-state index in [1.807, 2.05) is 48.5 Å². The smallest absolute Gasteiger partial charge is 0.253 e. The maximum atomic E-state index is 12.4. The number of carbonyl (C=O) groups is 1. The first kappa shape index (κ1) is 16.1. The van der Waals surface area contributed by atoms with Crippen LogP contribution in [0.5, 0.6) is 0 Å². The molecule has 1 atom stereocenters. The van der Waals surface area contributed by atoms with Crippen LogP contribution in [0.4, 0.5) is 5.82 Å². The minimum atomic E-state index is -0.458. The summed E-state index contributed by atoms with van der Waals surface area (Å²) in [5, 5.41) is 15.2. The topological polar surface area (TPSA) is 89.5 Å². The molecular formula is C20H18N4O2. The molecule has 4 rings (SSSR count). The quantitative estimate of drug-likeness (QED) is 0.585. The Labute approximate surface area is 150 Å². The van der Waals surface area contributed by atoms with Gasteiger partial charge in [-0.3, -0.25) is 4.79 Å². The molecule has 0 bridgehead atoms. The summed E-state index contributed by atoms with van der Waals surface area (Å²) in [6.07, 6.45) is 1.12. The maximum absolute atomic E-state index is 12.4. The molecule has 1 unspecified atom stereocenters. The van der Waals surface area contributed by atoms with Crippen LogP contribution >= 0.6 is 0 Å². The van der Waals surface area contributed by atoms with E-state index in [0.717, 1.165) is 28.2 Å². The monoisotopic (exact) mass is 346 g/mol. The highest BCUT2D eigenvalue weighted by molar-refractivity contribution is 5.95. The number of aromatic nitrogens is 1. The number of fused-ring (bicyclic) bond motifs is 1. The Kier molecular flexibility index (Phi) is 4.25. The predicted molar refractivity (Wildman–Crippen MR) is 101 cm³/mol. The number of aromatic amines is 1. The molecule has 1 aliphatic heterocycles. The number of amides is 1. The summed E-state index contributed by atoms with van der Waals surface area (Å²) in [6.45, 7) is 0.0183. The Morgan fingerprint density at radius 1 is 1.12 bits per heavy atom. The van der Waals surface area contributed by atoms with Crippen LogP contribution < -0.4 is 10.6 Å². The lowest BCUT2D eigenvalue weighted by atomic mass is 10.1. The molecule has 0 fully saturated rings. The average Bonchev–Trinajstić information content (AvgIpc) is 3.14. The molecule has 26 heavy (non-hydrogen) atoms. The van der Waals surface area contributed by atoms with E-state index in [1.54, 1.807) is 18.5 Å². The number of benzene rings is 2. The number of hydrogen-bond donors (Lipinski definition) is 4. The van der Waals surface area contributed by atoms with Gasteiger partial charge in [-0.25, -0.2) is 4.99 Å². The predicted octanol–water partition coefficient (Wildman–Crippen LogP) is 3.06. The van der Waals surface area contributed by atoms with Gasteiger partial charge in [-0.05, 0) is 29.3 Å². The molecule has 2 aromatic carbocycles. The number of carbonyl (C=O) groups excluding carboxylic acids is 1. The van der Waals surface area contributed by atoms with Crippen LogP contribution in [0.15, 0.2) is 65.7 Å². The molecule has 0 saturated carbocycles. The summed E-state index contributed by atoms with van der Waals surface area (Å²) in [4.78, 5) is 20.1. The van der Waals surface area contributed by atoms with Gasteiger partial charge in [0, 0.05) is 16.8 Å². The summed E-state index contributed by atoms with van der Waals surface area (Å²) < 4.78 is 0. The van der Waals surface area contributed by atoms with Crippen molar-refractivity contribution < 1.29 is 9.90 Å². The molecular weight excluding hydrogens is 328 g/mol. The summed E-state index contributed by atoms with van der Waals surface area (Å²) in [7, 11) is 0. The molecule has 1 aromatic heterocycles. The van der Waals surface area contributed by atoms with E-state index in [-0.39, 0.29) is 12.5 Å². The van der Waals surface area contributed by atoms with E-state index >= 15 is 0 Å². The molecule has 6 nitrogen and oxygen atoms in total. The van der Waals surface area contributed by atoms with Crippen molar-refractivity contribution >= 4 is 18.1 Å². The lowest BCUT2D eigenvalue weighted by Gasteiger charge is -2.18. The first-order valence-corrected chi connectivity index (χ1v) is 8.32. The number of aliphatic hydroxyl groups excluding tert-OH is 1. The van der Waals surface area contributed by atoms with Crippen molar-refractivity contribution in [2.45, 2.75) is 12.8 Å². The fraction of sp³-hybridized carbons (Fsp3) is 0.100. The van der Waals surface area contributed by atoms with Crippen LogP contribution in [0.2, 0.25) is 0 Å². The maximum Gasteiger partial charge on any atom is 0.253 e. The van der Waals surface area contributed by atoms with Crippen LogP contribution in [-0.2, 0) is 6.61 Å². The van der Waals surface area contributed by atoms with Gasteiger partial charge in [-0.2, -0.15) is 0 Å². The SMILES string of the molecule is O=C(NC1N=CNc2[nH]c(-c3ccc(CO)cc3)cc21)c1ccccc1. The molecule has 0 saturated heterocycles. The van der Waals surface area contributed by atoms with Crippen molar-refractivity contribution in [3.8, 4) is 11.3 Å². The molecule has 0 aliphatic carbocycles. The summed E-state index contributed by atoms with van der Waals surface area (Å²) in [5.74, 6) is 0.634. The second kappa shape index (κ2) is 6.85. The number of nitrogens with zero attached hydrogens (tertiary/aromatic N) is 1. The highest BCUT2D eigenvalue weighted by Gasteiger charge is 2.22. The van der Waals surface area contributed by atoms with Gasteiger partial charge in [0.2, 0.25) is 0 Å². The molecule has 6 heteroatoms. The molecule has 1 aliphatic rings. The number of aliphatic imine (C=N–C) groups is 1. The molecule has 130 valence electrons. The molecule has 0 radical (unpaired) electrons. The standard InChI is InChI=1S/C20H18N4O2/c25-11-13-6-8-14(9-7-13)17-10-16-18(23-17)21-12-22-19(16)24-20(26)15-4-2-1-3-5-15/h1-10,12,19,23,25H,11H2,(H,21,22)(H,24,26). The van der Waals surface area contributed by atoms with Crippen molar-refractivity contribution in [2.24, 2.45) is 4.99 Å². The molecule has 0 spiro atoms. The van der Waals surface area contributed by atoms with Gasteiger partial charge in [0.15, 0.2) is 6.17 Å². The largest absolute Gasteiger partial charge is 0.392 e. The third kappa shape index (κ3) is 3.10. The fourth-order valence-corrected chi connectivity index (χ4v) is 2.92. The first-order valence-electron chi connectivity index (χ1n) is 8.32. The second-order valence-electron chi connectivity index (χ2n) is 6.03. The summed E-state index contributed by atoms with van der Waals surface area (Å²) in [6, 6.07) is 18.7. The third-order valence-corrected chi connectivity index (χ3v) is 4.33. The third-order valence-electron chi connectivity index (χ3n) is 4.33. The number of rotatable bonds is 4. The Hall–Kier alpha value is -3.38. The van der Waals surface area contributed by atoms with E-state index in [1.165, 1.54) is 0 Å².